The fourth-order valence-corrected chi connectivity index (χ4v) is 5.75. The Balaban J connectivity index is 1.48. The molecule has 2 aromatic rings. The summed E-state index contributed by atoms with van der Waals surface area (Å²) in [5.74, 6) is 0.689. The zero-order valence-corrected chi connectivity index (χ0v) is 20.2. The maximum absolute atomic E-state index is 13.1. The topological polar surface area (TPSA) is 71.8 Å². The Morgan fingerprint density at radius 1 is 1.12 bits per heavy atom. The molecule has 1 atom stereocenters. The fourth-order valence-electron chi connectivity index (χ4n) is 4.80. The van der Waals surface area contributed by atoms with Gasteiger partial charge in [0.1, 0.15) is 0 Å². The minimum Gasteiger partial charge on any atom is -0.378 e. The van der Waals surface area contributed by atoms with E-state index < -0.39 is 11.7 Å². The molecule has 0 bridgehead atoms. The molecule has 34 heavy (non-hydrogen) atoms. The third kappa shape index (κ3) is 6.25. The molecule has 1 amide bonds. The van der Waals surface area contributed by atoms with Crippen LogP contribution in [0.3, 0.4) is 0 Å². The van der Waals surface area contributed by atoms with Crippen molar-refractivity contribution in [1.29, 1.82) is 0 Å². The van der Waals surface area contributed by atoms with Gasteiger partial charge >= 0.3 is 6.18 Å². The first-order valence-electron chi connectivity index (χ1n) is 12.1. The summed E-state index contributed by atoms with van der Waals surface area (Å²) in [6, 6.07) is 5.66. The van der Waals surface area contributed by atoms with E-state index >= 15 is 0 Å². The molecule has 1 aromatic heterocycles. The molecule has 2 aliphatic rings. The molecule has 0 aliphatic heterocycles. The van der Waals surface area contributed by atoms with Crippen molar-refractivity contribution in [2.24, 2.45) is 0 Å². The maximum atomic E-state index is 13.1. The van der Waals surface area contributed by atoms with Gasteiger partial charge in [-0.1, -0.05) is 49.9 Å². The first-order chi connectivity index (χ1) is 16.3. The Morgan fingerprint density at radius 3 is 2.53 bits per heavy atom. The highest BCUT2D eigenvalue weighted by molar-refractivity contribution is 8.00. The number of anilines is 1. The van der Waals surface area contributed by atoms with Crippen molar-refractivity contribution in [1.82, 2.24) is 20.1 Å². The number of halogens is 3. The zero-order chi connectivity index (χ0) is 24.1. The van der Waals surface area contributed by atoms with Crippen LogP contribution in [-0.4, -0.2) is 32.0 Å². The molecule has 2 N–H and O–H groups in total. The highest BCUT2D eigenvalue weighted by Gasteiger charge is 2.31. The van der Waals surface area contributed by atoms with Crippen LogP contribution in [0.2, 0.25) is 0 Å². The van der Waals surface area contributed by atoms with Gasteiger partial charge in [-0.15, -0.1) is 10.2 Å². The monoisotopic (exact) mass is 495 g/mol. The summed E-state index contributed by atoms with van der Waals surface area (Å²) in [4.78, 5) is 12.7. The zero-order valence-electron chi connectivity index (χ0n) is 19.4. The largest absolute Gasteiger partial charge is 0.416 e. The van der Waals surface area contributed by atoms with E-state index in [1.165, 1.54) is 24.2 Å². The van der Waals surface area contributed by atoms with Crippen LogP contribution in [0.5, 0.6) is 0 Å². The lowest BCUT2D eigenvalue weighted by atomic mass is 9.95. The molecule has 4 rings (SSSR count). The molecule has 1 unspecified atom stereocenters. The van der Waals surface area contributed by atoms with Crippen LogP contribution in [-0.2, 0) is 17.5 Å². The van der Waals surface area contributed by atoms with Gasteiger partial charge < -0.3 is 15.2 Å². The van der Waals surface area contributed by atoms with E-state index in [1.54, 1.807) is 6.07 Å². The van der Waals surface area contributed by atoms with Gasteiger partial charge in [0.25, 0.3) is 0 Å². The van der Waals surface area contributed by atoms with Crippen molar-refractivity contribution in [2.45, 2.75) is 99.9 Å². The fraction of sp³-hybridized carbons (Fsp3) is 0.625. The molecule has 2 fully saturated rings. The SMILES string of the molecule is CC(Sc1nnc(CNc2cccc(C(F)(F)F)c2)n1C1CCCCC1)C(=O)NC1CCCC1. The predicted octanol–water partition coefficient (Wildman–Crippen LogP) is 5.95. The van der Waals surface area contributed by atoms with Gasteiger partial charge in [-0.3, -0.25) is 4.79 Å². The van der Waals surface area contributed by atoms with Gasteiger partial charge in [-0.25, -0.2) is 0 Å². The maximum Gasteiger partial charge on any atom is 0.416 e. The number of hydrogen-bond acceptors (Lipinski definition) is 5. The summed E-state index contributed by atoms with van der Waals surface area (Å²) in [5.41, 5.74) is -0.309. The van der Waals surface area contributed by atoms with Gasteiger partial charge in [0.2, 0.25) is 5.91 Å². The van der Waals surface area contributed by atoms with Crippen molar-refractivity contribution in [3.63, 3.8) is 0 Å². The van der Waals surface area contributed by atoms with Crippen molar-refractivity contribution >= 4 is 23.4 Å². The molecule has 2 aliphatic carbocycles. The van der Waals surface area contributed by atoms with Crippen LogP contribution in [0, 0.1) is 0 Å². The summed E-state index contributed by atoms with van der Waals surface area (Å²) in [6.45, 7) is 2.14. The van der Waals surface area contributed by atoms with Crippen LogP contribution in [0.4, 0.5) is 18.9 Å². The minimum atomic E-state index is -4.39. The summed E-state index contributed by atoms with van der Waals surface area (Å²) < 4.78 is 41.3. The third-order valence-corrected chi connectivity index (χ3v) is 7.73. The van der Waals surface area contributed by atoms with E-state index in [-0.39, 0.29) is 29.8 Å². The summed E-state index contributed by atoms with van der Waals surface area (Å²) in [7, 11) is 0. The van der Waals surface area contributed by atoms with E-state index in [1.807, 2.05) is 6.92 Å². The molecule has 6 nitrogen and oxygen atoms in total. The summed E-state index contributed by atoms with van der Waals surface area (Å²) >= 11 is 1.40. The third-order valence-electron chi connectivity index (χ3n) is 6.67. The molecule has 10 heteroatoms. The van der Waals surface area contributed by atoms with Crippen LogP contribution in [0.25, 0.3) is 0 Å². The van der Waals surface area contributed by atoms with E-state index in [2.05, 4.69) is 25.4 Å². The van der Waals surface area contributed by atoms with Gasteiger partial charge in [0.05, 0.1) is 17.4 Å². The molecule has 0 spiro atoms. The van der Waals surface area contributed by atoms with Crippen LogP contribution in [0.15, 0.2) is 29.4 Å². The molecule has 1 heterocycles. The Morgan fingerprint density at radius 2 is 1.82 bits per heavy atom. The molecular formula is C24H32F3N5OS. The normalized spacial score (nSPS) is 18.7. The lowest BCUT2D eigenvalue weighted by molar-refractivity contribution is -0.137. The summed E-state index contributed by atoms with van der Waals surface area (Å²) in [5, 5.41) is 15.4. The van der Waals surface area contributed by atoms with Gasteiger partial charge in [0.15, 0.2) is 11.0 Å². The Labute approximate surface area is 202 Å². The van der Waals surface area contributed by atoms with Crippen LogP contribution in [0.1, 0.15) is 82.1 Å². The number of benzene rings is 1. The number of nitrogens with zero attached hydrogens (tertiary/aromatic N) is 3. The number of amides is 1. The number of nitrogens with one attached hydrogen (secondary N) is 2. The molecule has 1 aromatic carbocycles. The predicted molar refractivity (Wildman–Crippen MR) is 127 cm³/mol. The molecule has 0 saturated heterocycles. The highest BCUT2D eigenvalue weighted by Crippen LogP contribution is 2.35. The van der Waals surface area contributed by atoms with Crippen molar-refractivity contribution in [3.05, 3.63) is 35.7 Å². The summed E-state index contributed by atoms with van der Waals surface area (Å²) in [6.07, 6.45) is 5.43. The Kier molecular flexibility index (Phi) is 8.06. The van der Waals surface area contributed by atoms with Crippen molar-refractivity contribution < 1.29 is 18.0 Å². The number of thioether (sulfide) groups is 1. The first-order valence-corrected chi connectivity index (χ1v) is 13.0. The second kappa shape index (κ2) is 11.0. The second-order valence-electron chi connectivity index (χ2n) is 9.24. The smallest absolute Gasteiger partial charge is 0.378 e. The number of carbonyl (C=O) groups excluding carboxylic acids is 1. The number of aromatic nitrogens is 3. The average Bonchev–Trinajstić information content (AvgIpc) is 3.47. The van der Waals surface area contributed by atoms with Crippen LogP contribution >= 0.6 is 11.8 Å². The lowest BCUT2D eigenvalue weighted by Gasteiger charge is -2.26. The van der Waals surface area contributed by atoms with E-state index in [0.29, 0.717) is 16.7 Å². The molecule has 186 valence electrons. The quantitative estimate of drug-likeness (QED) is 0.443. The van der Waals surface area contributed by atoms with E-state index in [9.17, 15) is 18.0 Å². The number of hydrogen-bond donors (Lipinski definition) is 2. The second-order valence-corrected chi connectivity index (χ2v) is 10.6. The van der Waals surface area contributed by atoms with E-state index in [0.717, 1.165) is 63.5 Å². The molecule has 0 radical (unpaired) electrons. The van der Waals surface area contributed by atoms with E-state index in [4.69, 9.17) is 0 Å². The Bertz CT molecular complexity index is 968. The minimum absolute atomic E-state index is 0.0127. The molecular weight excluding hydrogens is 463 g/mol. The number of carbonyl (C=O) groups is 1. The highest BCUT2D eigenvalue weighted by atomic mass is 32.2. The first kappa shape index (κ1) is 24.9. The Hall–Kier alpha value is -2.23. The van der Waals surface area contributed by atoms with Crippen molar-refractivity contribution in [2.75, 3.05) is 5.32 Å². The van der Waals surface area contributed by atoms with Crippen molar-refractivity contribution in [3.8, 4) is 0 Å². The number of alkyl halides is 3. The molecule has 2 saturated carbocycles. The van der Waals surface area contributed by atoms with Gasteiger partial charge in [-0.05, 0) is 50.8 Å². The van der Waals surface area contributed by atoms with Gasteiger partial charge in [0, 0.05) is 17.8 Å². The number of rotatable bonds is 8. The van der Waals surface area contributed by atoms with Crippen LogP contribution < -0.4 is 10.6 Å². The van der Waals surface area contributed by atoms with Gasteiger partial charge in [-0.2, -0.15) is 13.2 Å². The lowest BCUT2D eigenvalue weighted by Crippen LogP contribution is -2.37. The average molecular weight is 496 g/mol. The standard InChI is InChI=1S/C24H32F3N5OS/c1-16(22(33)29-18-9-5-6-10-18)34-23-31-30-21(32(23)20-12-3-2-4-13-20)15-28-19-11-7-8-17(14-19)24(25,26)27/h7-8,11,14,16,18,20,28H,2-6,9-10,12-13,15H2,1H3,(H,29,33).